The molecule has 0 saturated carbocycles. The number of aryl methyl sites for hydroxylation is 2. The van der Waals surface area contributed by atoms with Crippen LogP contribution in [0.3, 0.4) is 0 Å². The number of rotatable bonds is 5. The predicted octanol–water partition coefficient (Wildman–Crippen LogP) is 0.955. The number of hydrogen-bond acceptors (Lipinski definition) is 5. The van der Waals surface area contributed by atoms with Crippen molar-refractivity contribution in [3.05, 3.63) is 26.6 Å². The maximum atomic E-state index is 12.1. The molecule has 1 amide bonds. The molecule has 7 heteroatoms. The zero-order valence-electron chi connectivity index (χ0n) is 11.7. The molecule has 2 aromatic heterocycles. The molecule has 2 heterocycles. The highest BCUT2D eigenvalue weighted by Crippen LogP contribution is 2.25. The third-order valence-corrected chi connectivity index (χ3v) is 4.31. The first kappa shape index (κ1) is 14.7. The maximum absolute atomic E-state index is 12.1. The van der Waals surface area contributed by atoms with Crippen LogP contribution in [0.25, 0.3) is 10.2 Å². The summed E-state index contributed by atoms with van der Waals surface area (Å²) in [6, 6.07) is -0.0553. The van der Waals surface area contributed by atoms with Gasteiger partial charge in [-0.2, -0.15) is 0 Å². The molecular weight excluding hydrogens is 276 g/mol. The number of nitrogens with zero attached hydrogens (tertiary/aromatic N) is 1. The molecule has 0 saturated heterocycles. The van der Waals surface area contributed by atoms with Crippen molar-refractivity contribution in [3.63, 3.8) is 0 Å². The van der Waals surface area contributed by atoms with Crippen molar-refractivity contribution in [2.24, 2.45) is 5.73 Å². The third-order valence-electron chi connectivity index (χ3n) is 3.21. The van der Waals surface area contributed by atoms with Crippen LogP contribution in [0.1, 0.15) is 29.6 Å². The van der Waals surface area contributed by atoms with E-state index < -0.39 is 0 Å². The highest BCUT2D eigenvalue weighted by atomic mass is 32.1. The van der Waals surface area contributed by atoms with Gasteiger partial charge in [0.05, 0.1) is 11.9 Å². The van der Waals surface area contributed by atoms with Crippen LogP contribution in [0.2, 0.25) is 0 Å². The molecule has 4 N–H and O–H groups in total. The minimum atomic E-state index is -0.355. The van der Waals surface area contributed by atoms with Gasteiger partial charge in [0, 0.05) is 17.3 Å². The van der Waals surface area contributed by atoms with E-state index >= 15 is 0 Å². The van der Waals surface area contributed by atoms with Gasteiger partial charge in [-0.05, 0) is 26.3 Å². The zero-order chi connectivity index (χ0) is 14.9. The number of hydrogen-bond donors (Lipinski definition) is 3. The molecule has 108 valence electrons. The van der Waals surface area contributed by atoms with Crippen molar-refractivity contribution in [1.82, 2.24) is 15.3 Å². The third kappa shape index (κ3) is 3.05. The normalized spacial score (nSPS) is 12.8. The maximum Gasteiger partial charge on any atom is 0.259 e. The lowest BCUT2D eigenvalue weighted by Gasteiger charge is -2.11. The summed E-state index contributed by atoms with van der Waals surface area (Å²) >= 11 is 1.52. The first-order valence-corrected chi connectivity index (χ1v) is 7.20. The molecule has 0 spiro atoms. The number of nitrogens with two attached hydrogens (primary N) is 1. The Morgan fingerprint density at radius 2 is 2.20 bits per heavy atom. The summed E-state index contributed by atoms with van der Waals surface area (Å²) in [5, 5.41) is 3.78. The van der Waals surface area contributed by atoms with Crippen LogP contribution < -0.4 is 16.6 Å². The largest absolute Gasteiger partial charge is 0.370 e. The number of nitrogens with one attached hydrogen (secondary N) is 2. The van der Waals surface area contributed by atoms with Crippen molar-refractivity contribution in [1.29, 1.82) is 0 Å². The fraction of sp³-hybridized carbons (Fsp3) is 0.462. The molecule has 0 aliphatic rings. The first-order valence-electron chi connectivity index (χ1n) is 6.39. The molecule has 0 aliphatic carbocycles. The molecule has 2 rings (SSSR count). The van der Waals surface area contributed by atoms with E-state index in [-0.39, 0.29) is 23.9 Å². The highest BCUT2D eigenvalue weighted by Gasteiger charge is 2.12. The standard InChI is InChI=1S/C13H18N4O2S/c1-6(4-9(14)18)15-5-10-16-12(19)11-7(2)8(3)20-13(11)17-10/h6,15H,4-5H2,1-3H3,(H2,14,18)(H,16,17,19). The summed E-state index contributed by atoms with van der Waals surface area (Å²) < 4.78 is 0. The minimum absolute atomic E-state index is 0.0553. The number of H-pyrrole nitrogens is 1. The van der Waals surface area contributed by atoms with Gasteiger partial charge in [-0.15, -0.1) is 11.3 Å². The van der Waals surface area contributed by atoms with Crippen LogP contribution >= 0.6 is 11.3 Å². The van der Waals surface area contributed by atoms with Gasteiger partial charge in [-0.1, -0.05) is 0 Å². The lowest BCUT2D eigenvalue weighted by atomic mass is 10.2. The van der Waals surface area contributed by atoms with Crippen LogP contribution in [0.5, 0.6) is 0 Å². The lowest BCUT2D eigenvalue weighted by Crippen LogP contribution is -2.31. The molecule has 1 atom stereocenters. The van der Waals surface area contributed by atoms with E-state index in [2.05, 4.69) is 15.3 Å². The lowest BCUT2D eigenvalue weighted by molar-refractivity contribution is -0.118. The van der Waals surface area contributed by atoms with Crippen molar-refractivity contribution in [3.8, 4) is 0 Å². The molecule has 6 nitrogen and oxygen atoms in total. The molecule has 0 radical (unpaired) electrons. The minimum Gasteiger partial charge on any atom is -0.370 e. The Balaban J connectivity index is 2.20. The van der Waals surface area contributed by atoms with E-state index in [1.807, 2.05) is 20.8 Å². The number of carbonyl (C=O) groups is 1. The number of fused-ring (bicyclic) bond motifs is 1. The van der Waals surface area contributed by atoms with Gasteiger partial charge in [-0.25, -0.2) is 4.98 Å². The Kier molecular flexibility index (Phi) is 4.20. The molecule has 2 aromatic rings. The summed E-state index contributed by atoms with van der Waals surface area (Å²) in [6.45, 7) is 6.17. The van der Waals surface area contributed by atoms with E-state index in [1.165, 1.54) is 11.3 Å². The molecule has 0 fully saturated rings. The van der Waals surface area contributed by atoms with E-state index in [9.17, 15) is 9.59 Å². The van der Waals surface area contributed by atoms with Crippen LogP contribution in [0, 0.1) is 13.8 Å². The number of amides is 1. The predicted molar refractivity (Wildman–Crippen MR) is 79.8 cm³/mol. The summed E-state index contributed by atoms with van der Waals surface area (Å²) in [7, 11) is 0. The average Bonchev–Trinajstić information content (AvgIpc) is 2.62. The summed E-state index contributed by atoms with van der Waals surface area (Å²) in [4.78, 5) is 31.9. The number of aromatic amines is 1. The zero-order valence-corrected chi connectivity index (χ0v) is 12.6. The summed E-state index contributed by atoms with van der Waals surface area (Å²) in [5.41, 5.74) is 6.00. The number of carbonyl (C=O) groups excluding carboxylic acids is 1. The van der Waals surface area contributed by atoms with Gasteiger partial charge in [0.15, 0.2) is 0 Å². The van der Waals surface area contributed by atoms with E-state index in [0.29, 0.717) is 17.8 Å². The Hall–Kier alpha value is -1.73. The van der Waals surface area contributed by atoms with Gasteiger partial charge < -0.3 is 16.0 Å². The monoisotopic (exact) mass is 294 g/mol. The second-order valence-corrected chi connectivity index (χ2v) is 6.13. The fourth-order valence-electron chi connectivity index (χ4n) is 2.03. The summed E-state index contributed by atoms with van der Waals surface area (Å²) in [5.74, 6) is 0.214. The Morgan fingerprint density at radius 1 is 1.50 bits per heavy atom. The fourth-order valence-corrected chi connectivity index (χ4v) is 3.08. The second kappa shape index (κ2) is 5.72. The van der Waals surface area contributed by atoms with Crippen LogP contribution in [0.4, 0.5) is 0 Å². The molecule has 20 heavy (non-hydrogen) atoms. The van der Waals surface area contributed by atoms with Gasteiger partial charge in [-0.3, -0.25) is 9.59 Å². The van der Waals surface area contributed by atoms with E-state index in [0.717, 1.165) is 15.3 Å². The summed E-state index contributed by atoms with van der Waals surface area (Å²) in [6.07, 6.45) is 0.254. The van der Waals surface area contributed by atoms with Crippen LogP contribution in [0.15, 0.2) is 4.79 Å². The molecular formula is C13H18N4O2S. The number of thiophene rings is 1. The topological polar surface area (TPSA) is 101 Å². The molecule has 0 aromatic carbocycles. The Morgan fingerprint density at radius 3 is 2.85 bits per heavy atom. The van der Waals surface area contributed by atoms with Gasteiger partial charge in [0.25, 0.3) is 5.56 Å². The molecule has 0 aliphatic heterocycles. The average molecular weight is 294 g/mol. The van der Waals surface area contributed by atoms with Crippen molar-refractivity contribution >= 4 is 27.5 Å². The van der Waals surface area contributed by atoms with Gasteiger partial charge >= 0.3 is 0 Å². The van der Waals surface area contributed by atoms with Crippen molar-refractivity contribution in [2.45, 2.75) is 39.8 Å². The first-order chi connectivity index (χ1) is 9.38. The number of primary amides is 1. The van der Waals surface area contributed by atoms with Crippen LogP contribution in [-0.4, -0.2) is 21.9 Å². The van der Waals surface area contributed by atoms with E-state index in [1.54, 1.807) is 0 Å². The SMILES string of the molecule is Cc1sc2nc(CNC(C)CC(N)=O)[nH]c(=O)c2c1C. The highest BCUT2D eigenvalue weighted by molar-refractivity contribution is 7.18. The molecule has 1 unspecified atom stereocenters. The quantitative estimate of drug-likeness (QED) is 0.764. The van der Waals surface area contributed by atoms with E-state index in [4.69, 9.17) is 5.73 Å². The second-order valence-electron chi connectivity index (χ2n) is 4.93. The van der Waals surface area contributed by atoms with Crippen LogP contribution in [-0.2, 0) is 11.3 Å². The molecule has 0 bridgehead atoms. The van der Waals surface area contributed by atoms with Crippen molar-refractivity contribution < 1.29 is 4.79 Å². The Labute approximate surface area is 120 Å². The Bertz CT molecular complexity index is 704. The smallest absolute Gasteiger partial charge is 0.259 e. The van der Waals surface area contributed by atoms with Gasteiger partial charge in [0.2, 0.25) is 5.91 Å². The van der Waals surface area contributed by atoms with Gasteiger partial charge in [0.1, 0.15) is 10.7 Å². The number of aromatic nitrogens is 2. The van der Waals surface area contributed by atoms with Crippen molar-refractivity contribution in [2.75, 3.05) is 0 Å².